The van der Waals surface area contributed by atoms with Crippen LogP contribution >= 0.6 is 0 Å². The monoisotopic (exact) mass is 361 g/mol. The topological polar surface area (TPSA) is 26.0 Å². The van der Waals surface area contributed by atoms with Crippen LogP contribution in [-0.4, -0.2) is 0 Å². The van der Waals surface area contributed by atoms with E-state index in [1.54, 1.807) is 0 Å². The van der Waals surface area contributed by atoms with Crippen molar-refractivity contribution in [2.24, 2.45) is 0 Å². The Hall–Kier alpha value is -3.32. The number of fused-ring (bicyclic) bond motifs is 1. The lowest BCUT2D eigenvalue weighted by Crippen LogP contribution is -1.92. The van der Waals surface area contributed by atoms with Crippen LogP contribution in [0.4, 0.5) is 5.69 Å². The van der Waals surface area contributed by atoms with Crippen LogP contribution in [0.15, 0.2) is 90.0 Å². The molecule has 0 fully saturated rings. The van der Waals surface area contributed by atoms with Crippen molar-refractivity contribution >= 4 is 11.8 Å². The average Bonchev–Trinajstić information content (AvgIpc) is 3.38. The zero-order chi connectivity index (χ0) is 19.1. The van der Waals surface area contributed by atoms with E-state index in [2.05, 4.69) is 73.7 Å². The van der Waals surface area contributed by atoms with Crippen LogP contribution in [0.25, 0.3) is 28.3 Å². The maximum Gasteiger partial charge on any atom is 0.0393 e. The number of anilines is 1. The van der Waals surface area contributed by atoms with Gasteiger partial charge in [-0.1, -0.05) is 66.8 Å². The first-order valence-electron chi connectivity index (χ1n) is 9.84. The number of aryl methyl sites for hydroxylation is 1. The maximum atomic E-state index is 6.24. The molecule has 0 spiro atoms. The van der Waals surface area contributed by atoms with Crippen molar-refractivity contribution in [3.05, 3.63) is 107 Å². The molecule has 2 aliphatic carbocycles. The molecule has 2 aliphatic rings. The van der Waals surface area contributed by atoms with Gasteiger partial charge >= 0.3 is 0 Å². The molecule has 2 N–H and O–H groups in total. The molecule has 136 valence electrons. The van der Waals surface area contributed by atoms with Gasteiger partial charge in [-0.2, -0.15) is 0 Å². The summed E-state index contributed by atoms with van der Waals surface area (Å²) >= 11 is 0. The van der Waals surface area contributed by atoms with Crippen LogP contribution in [0.1, 0.15) is 23.1 Å². The van der Waals surface area contributed by atoms with Crippen LogP contribution in [0, 0.1) is 6.92 Å². The highest BCUT2D eigenvalue weighted by Crippen LogP contribution is 2.37. The van der Waals surface area contributed by atoms with Crippen LogP contribution < -0.4 is 5.73 Å². The second-order valence-electron chi connectivity index (χ2n) is 7.70. The van der Waals surface area contributed by atoms with Crippen molar-refractivity contribution in [1.82, 2.24) is 0 Å². The Labute approximate surface area is 166 Å². The summed E-state index contributed by atoms with van der Waals surface area (Å²) in [5.41, 5.74) is 18.8. The van der Waals surface area contributed by atoms with Gasteiger partial charge in [-0.05, 0) is 82.5 Å². The summed E-state index contributed by atoms with van der Waals surface area (Å²) in [4.78, 5) is 0. The Kier molecular flexibility index (Phi) is 4.02. The maximum absolute atomic E-state index is 6.24. The number of allylic oxidation sites excluding steroid dienone is 5. The lowest BCUT2D eigenvalue weighted by atomic mass is 9.93. The third-order valence-corrected chi connectivity index (χ3v) is 5.86. The third-order valence-electron chi connectivity index (χ3n) is 5.86. The molecule has 0 aliphatic heterocycles. The summed E-state index contributed by atoms with van der Waals surface area (Å²) in [6.07, 6.45) is 11.1. The molecule has 0 bridgehead atoms. The predicted octanol–water partition coefficient (Wildman–Crippen LogP) is 6.74. The van der Waals surface area contributed by atoms with E-state index in [-0.39, 0.29) is 0 Å². The van der Waals surface area contributed by atoms with Crippen LogP contribution in [-0.2, 0) is 6.42 Å². The molecule has 0 atom stereocenters. The normalized spacial score (nSPS) is 14.8. The van der Waals surface area contributed by atoms with E-state index in [4.69, 9.17) is 5.73 Å². The molecule has 0 aromatic heterocycles. The molecule has 0 heterocycles. The fourth-order valence-corrected chi connectivity index (χ4v) is 4.24. The number of rotatable bonds is 3. The minimum absolute atomic E-state index is 0.822. The van der Waals surface area contributed by atoms with Gasteiger partial charge in [0.2, 0.25) is 0 Å². The number of hydrogen-bond acceptors (Lipinski definition) is 1. The van der Waals surface area contributed by atoms with Gasteiger partial charge in [0.15, 0.2) is 0 Å². The van der Waals surface area contributed by atoms with Crippen LogP contribution in [0.5, 0.6) is 0 Å². The van der Waals surface area contributed by atoms with E-state index < -0.39 is 0 Å². The Bertz CT molecular complexity index is 1170. The zero-order valence-corrected chi connectivity index (χ0v) is 16.1. The summed E-state index contributed by atoms with van der Waals surface area (Å²) in [5, 5.41) is 0. The summed E-state index contributed by atoms with van der Waals surface area (Å²) in [7, 11) is 0. The molecule has 1 heteroatoms. The lowest BCUT2D eigenvalue weighted by molar-refractivity contribution is 1.15. The highest BCUT2D eigenvalue weighted by atomic mass is 14.6. The van der Waals surface area contributed by atoms with Gasteiger partial charge in [0.05, 0.1) is 0 Å². The molecule has 0 radical (unpaired) electrons. The van der Waals surface area contributed by atoms with Gasteiger partial charge in [0.1, 0.15) is 0 Å². The molecule has 0 saturated carbocycles. The minimum atomic E-state index is 0.822. The molecule has 5 rings (SSSR count). The fourth-order valence-electron chi connectivity index (χ4n) is 4.24. The Morgan fingerprint density at radius 1 is 0.821 bits per heavy atom. The smallest absolute Gasteiger partial charge is 0.0393 e. The van der Waals surface area contributed by atoms with Crippen molar-refractivity contribution in [3.8, 4) is 22.3 Å². The van der Waals surface area contributed by atoms with Gasteiger partial charge in [0, 0.05) is 11.3 Å². The average molecular weight is 361 g/mol. The lowest BCUT2D eigenvalue weighted by Gasteiger charge is -2.12. The first kappa shape index (κ1) is 16.8. The molecular formula is C27H23N. The Balaban J connectivity index is 1.54. The standard InChI is InChI=1S/C27H23N/c1-18-10-11-22(17-26(18)25-8-4-5-9-27(25)28)20-12-13-21-15-23(16-24(21)14-20)19-6-2-3-7-19/h2-6,8-14,16-17H,7,15,28H2,1H3. The van der Waals surface area contributed by atoms with Gasteiger partial charge in [-0.25, -0.2) is 0 Å². The van der Waals surface area contributed by atoms with Gasteiger partial charge in [-0.3, -0.25) is 0 Å². The number of para-hydroxylation sites is 1. The van der Waals surface area contributed by atoms with Crippen molar-refractivity contribution in [1.29, 1.82) is 0 Å². The SMILES string of the molecule is Cc1ccc(-c2ccc3c(c2)C=C(C2=CC=CC2)C3)cc1-c1ccccc1N. The summed E-state index contributed by atoms with van der Waals surface area (Å²) in [6.45, 7) is 2.15. The van der Waals surface area contributed by atoms with Gasteiger partial charge in [-0.15, -0.1) is 0 Å². The highest BCUT2D eigenvalue weighted by molar-refractivity contribution is 5.83. The van der Waals surface area contributed by atoms with Crippen LogP contribution in [0.2, 0.25) is 0 Å². The summed E-state index contributed by atoms with van der Waals surface area (Å²) < 4.78 is 0. The fraction of sp³-hybridized carbons (Fsp3) is 0.111. The largest absolute Gasteiger partial charge is 0.398 e. The van der Waals surface area contributed by atoms with E-state index in [9.17, 15) is 0 Å². The van der Waals surface area contributed by atoms with Gasteiger partial charge < -0.3 is 5.73 Å². The van der Waals surface area contributed by atoms with E-state index in [0.717, 1.165) is 24.1 Å². The van der Waals surface area contributed by atoms with Crippen molar-refractivity contribution < 1.29 is 0 Å². The quantitative estimate of drug-likeness (QED) is 0.514. The molecule has 3 aromatic carbocycles. The zero-order valence-electron chi connectivity index (χ0n) is 16.1. The Morgan fingerprint density at radius 2 is 1.64 bits per heavy atom. The third kappa shape index (κ3) is 2.90. The summed E-state index contributed by atoms with van der Waals surface area (Å²) in [6, 6.07) is 21.6. The Morgan fingerprint density at radius 3 is 2.46 bits per heavy atom. The highest BCUT2D eigenvalue weighted by Gasteiger charge is 2.17. The number of hydrogen-bond donors (Lipinski definition) is 1. The molecule has 0 amide bonds. The minimum Gasteiger partial charge on any atom is -0.398 e. The first-order valence-corrected chi connectivity index (χ1v) is 9.84. The molecule has 3 aromatic rings. The predicted molar refractivity (Wildman–Crippen MR) is 120 cm³/mol. The molecule has 1 nitrogen and oxygen atoms in total. The first-order chi connectivity index (χ1) is 13.7. The number of nitrogens with two attached hydrogens (primary N) is 1. The van der Waals surface area contributed by atoms with Crippen LogP contribution in [0.3, 0.4) is 0 Å². The second-order valence-corrected chi connectivity index (χ2v) is 7.70. The van der Waals surface area contributed by atoms with E-state index in [0.29, 0.717) is 0 Å². The van der Waals surface area contributed by atoms with E-state index in [1.165, 1.54) is 44.5 Å². The summed E-state index contributed by atoms with van der Waals surface area (Å²) in [5.74, 6) is 0. The second kappa shape index (κ2) is 6.69. The molecule has 28 heavy (non-hydrogen) atoms. The van der Waals surface area contributed by atoms with Gasteiger partial charge in [0.25, 0.3) is 0 Å². The molecule has 0 unspecified atom stereocenters. The molecule has 0 saturated heterocycles. The van der Waals surface area contributed by atoms with Crippen molar-refractivity contribution in [3.63, 3.8) is 0 Å². The number of nitrogen functional groups attached to an aromatic ring is 1. The van der Waals surface area contributed by atoms with Crippen molar-refractivity contribution in [2.45, 2.75) is 19.8 Å². The van der Waals surface area contributed by atoms with E-state index in [1.807, 2.05) is 18.2 Å². The number of benzene rings is 3. The van der Waals surface area contributed by atoms with E-state index >= 15 is 0 Å². The van der Waals surface area contributed by atoms with Crippen molar-refractivity contribution in [2.75, 3.05) is 5.73 Å². The molecular weight excluding hydrogens is 338 g/mol.